The van der Waals surface area contributed by atoms with Gasteiger partial charge in [0.15, 0.2) is 34.0 Å². The van der Waals surface area contributed by atoms with Crippen LogP contribution in [-0.2, 0) is 95.0 Å². The molecule has 3 aliphatic carbocycles. The van der Waals surface area contributed by atoms with Gasteiger partial charge in [-0.1, -0.05) is 142 Å². The third kappa shape index (κ3) is 30.8. The van der Waals surface area contributed by atoms with E-state index in [1.54, 1.807) is 0 Å². The molecule has 0 bridgehead atoms. The molecule has 0 aromatic heterocycles. The van der Waals surface area contributed by atoms with Gasteiger partial charge in [-0.05, 0) is 167 Å². The quantitative estimate of drug-likeness (QED) is 0.0282. The lowest BCUT2D eigenvalue weighted by Crippen LogP contribution is -2.32. The second kappa shape index (κ2) is 45.8. The molecule has 0 N–H and O–H groups in total. The summed E-state index contributed by atoms with van der Waals surface area (Å²) in [6.45, 7) is 35.8. The Balaban J connectivity index is 0.000000258. The van der Waals surface area contributed by atoms with Crippen molar-refractivity contribution in [3.05, 3.63) is 0 Å². The van der Waals surface area contributed by atoms with E-state index in [1.165, 1.54) is 44.9 Å². The predicted molar refractivity (Wildman–Crippen MR) is 372 cm³/mol. The van der Waals surface area contributed by atoms with E-state index in [4.69, 9.17) is 71.1 Å². The first kappa shape index (κ1) is 86.4. The van der Waals surface area contributed by atoms with Crippen molar-refractivity contribution in [3.63, 3.8) is 0 Å². The Morgan fingerprint density at radius 3 is 0.928 bits per heavy atom. The normalized spacial score (nSPS) is 30.2. The summed E-state index contributed by atoms with van der Waals surface area (Å²) in [6.07, 6.45) is 30.7. The molecule has 0 amide bonds. The van der Waals surface area contributed by atoms with Crippen LogP contribution in [0.15, 0.2) is 0 Å². The van der Waals surface area contributed by atoms with E-state index in [0.717, 1.165) is 141 Å². The number of carbonyl (C=O) groups excluding carboxylic acids is 5. The molecule has 0 radical (unpaired) electrons. The van der Waals surface area contributed by atoms with Crippen molar-refractivity contribution < 1.29 is 95.0 Å². The molecule has 566 valence electrons. The average molecular weight is 1380 g/mol. The van der Waals surface area contributed by atoms with Gasteiger partial charge in [-0.3, -0.25) is 24.0 Å². The molecule has 8 fully saturated rings. The minimum atomic E-state index is -0.289. The lowest BCUT2D eigenvalue weighted by atomic mass is 9.97. The largest absolute Gasteiger partial charge is 0.438 e. The third-order valence-electron chi connectivity index (χ3n) is 20.6. The fraction of sp³-hybridized carbons (Fsp3) is 0.935. The predicted octanol–water partition coefficient (Wildman–Crippen LogP) is 16.3. The standard InChI is InChI=1S/C17H30O4.C16H28O4.C15H26O4.C15H28O4.C14H26O4/c1-4-13-11-14(15(5-2)21-13)16(18)19-12-20-17(6-3)9-7-8-10-17;1-3-12-10-14(15(4-2)20-12)16(17)19-11-18-13-8-6-5-7-9-13;1-3-11-9-13(14(4-2)19-11)15(16)18-10-17-12-7-5-6-8-12;1-6-11-8-12(13(7-2)19-11)14(16)18-10-17-9-15(3,4)5;1-6-10-8-11(12(7-2)18-10)13(15)16-9-17-14(3,4)5/h13-15H,4-12H2,1-3H3;12-15H,3-11H2,1-2H3;11-14H,3-10H2,1-2H3;11-13H,6-10H2,1-5H3;10-12H,6-9H2,1-5H3. The number of hydrogen-bond donors (Lipinski definition) is 0. The summed E-state index contributed by atoms with van der Waals surface area (Å²) >= 11 is 0. The molecule has 8 rings (SSSR count). The Morgan fingerprint density at radius 1 is 0.361 bits per heavy atom. The monoisotopic (exact) mass is 1380 g/mol. The van der Waals surface area contributed by atoms with E-state index in [2.05, 4.69) is 83.1 Å². The van der Waals surface area contributed by atoms with Crippen LogP contribution < -0.4 is 0 Å². The first-order valence-corrected chi connectivity index (χ1v) is 38.6. The summed E-state index contributed by atoms with van der Waals surface area (Å²) in [5.41, 5.74) is -0.257. The fourth-order valence-corrected chi connectivity index (χ4v) is 14.4. The molecular formula is C77H138O20. The minimum Gasteiger partial charge on any atom is -0.438 e. The maximum absolute atomic E-state index is 12.3. The SMILES string of the molecule is CCC1CC(C(=O)OCOC(C)(C)C)C(CC)O1.CCC1CC(C(=O)OCOC2(CC)CCCC2)C(CC)O1.CCC1CC(C(=O)OCOC2CCCC2)C(CC)O1.CCC1CC(C(=O)OCOC2CCCCC2)C(CC)O1.CCC1CC(C(=O)OCOCC(C)(C)C)C(CC)O1. The highest BCUT2D eigenvalue weighted by atomic mass is 16.7. The Bertz CT molecular complexity index is 2160. The van der Waals surface area contributed by atoms with Gasteiger partial charge in [-0.15, -0.1) is 0 Å². The number of esters is 5. The lowest BCUT2D eigenvalue weighted by Gasteiger charge is -2.27. The van der Waals surface area contributed by atoms with Gasteiger partial charge in [-0.2, -0.15) is 0 Å². The molecule has 0 spiro atoms. The van der Waals surface area contributed by atoms with E-state index >= 15 is 0 Å². The Morgan fingerprint density at radius 2 is 0.649 bits per heavy atom. The summed E-state index contributed by atoms with van der Waals surface area (Å²) in [6, 6.07) is 0. The van der Waals surface area contributed by atoms with E-state index in [9.17, 15) is 24.0 Å². The van der Waals surface area contributed by atoms with Crippen LogP contribution in [-0.4, -0.2) is 155 Å². The minimum absolute atomic E-state index is 0.0000612. The molecule has 20 nitrogen and oxygen atoms in total. The zero-order valence-electron chi connectivity index (χ0n) is 63.7. The van der Waals surface area contributed by atoms with Crippen molar-refractivity contribution in [1.82, 2.24) is 0 Å². The molecule has 5 aliphatic heterocycles. The van der Waals surface area contributed by atoms with Gasteiger partial charge in [0, 0.05) is 0 Å². The molecule has 5 heterocycles. The van der Waals surface area contributed by atoms with Gasteiger partial charge in [0.05, 0.1) is 121 Å². The van der Waals surface area contributed by atoms with E-state index in [-0.39, 0.29) is 183 Å². The Hall–Kier alpha value is -3.05. The van der Waals surface area contributed by atoms with E-state index in [0.29, 0.717) is 6.61 Å². The molecule has 15 unspecified atom stereocenters. The molecule has 5 saturated heterocycles. The van der Waals surface area contributed by atoms with Crippen LogP contribution in [0, 0.1) is 35.0 Å². The van der Waals surface area contributed by atoms with Crippen LogP contribution in [0.1, 0.15) is 304 Å². The molecule has 3 saturated carbocycles. The first-order chi connectivity index (χ1) is 46.4. The lowest BCUT2D eigenvalue weighted by molar-refractivity contribution is -0.179. The van der Waals surface area contributed by atoms with Gasteiger partial charge in [0.1, 0.15) is 0 Å². The van der Waals surface area contributed by atoms with Gasteiger partial charge < -0.3 is 71.1 Å². The van der Waals surface area contributed by atoms with Crippen molar-refractivity contribution in [2.24, 2.45) is 35.0 Å². The highest BCUT2D eigenvalue weighted by Crippen LogP contribution is 2.38. The maximum Gasteiger partial charge on any atom is 0.313 e. The van der Waals surface area contributed by atoms with Crippen molar-refractivity contribution in [1.29, 1.82) is 0 Å². The molecule has 15 atom stereocenters. The van der Waals surface area contributed by atoms with Crippen LogP contribution in [0.25, 0.3) is 0 Å². The van der Waals surface area contributed by atoms with Crippen LogP contribution in [0.3, 0.4) is 0 Å². The number of ether oxygens (including phenoxy) is 15. The Kier molecular flexibility index (Phi) is 40.8. The summed E-state index contributed by atoms with van der Waals surface area (Å²) in [7, 11) is 0. The first-order valence-electron chi connectivity index (χ1n) is 38.6. The van der Waals surface area contributed by atoms with Crippen molar-refractivity contribution in [2.45, 2.75) is 388 Å². The van der Waals surface area contributed by atoms with Crippen molar-refractivity contribution in [3.8, 4) is 0 Å². The Labute approximate surface area is 586 Å². The smallest absolute Gasteiger partial charge is 0.313 e. The summed E-state index contributed by atoms with van der Waals surface area (Å²) in [5.74, 6) is -1.44. The zero-order valence-corrected chi connectivity index (χ0v) is 63.7. The number of hydrogen-bond acceptors (Lipinski definition) is 20. The number of rotatable bonds is 30. The van der Waals surface area contributed by atoms with Crippen LogP contribution in [0.4, 0.5) is 0 Å². The third-order valence-corrected chi connectivity index (χ3v) is 20.6. The number of carbonyl (C=O) groups is 5. The van der Waals surface area contributed by atoms with Gasteiger partial charge in [0.25, 0.3) is 0 Å². The highest BCUT2D eigenvalue weighted by Gasteiger charge is 2.44. The van der Waals surface area contributed by atoms with Gasteiger partial charge in [0.2, 0.25) is 0 Å². The van der Waals surface area contributed by atoms with Crippen LogP contribution in [0.5, 0.6) is 0 Å². The maximum atomic E-state index is 12.3. The molecule has 20 heteroatoms. The fourth-order valence-electron chi connectivity index (χ4n) is 14.4. The van der Waals surface area contributed by atoms with Crippen molar-refractivity contribution >= 4 is 29.8 Å². The molecule has 0 aromatic carbocycles. The van der Waals surface area contributed by atoms with Crippen molar-refractivity contribution in [2.75, 3.05) is 40.6 Å². The molecule has 0 aromatic rings. The molecule has 97 heavy (non-hydrogen) atoms. The molecule has 8 aliphatic rings. The van der Waals surface area contributed by atoms with Gasteiger partial charge >= 0.3 is 29.8 Å². The zero-order chi connectivity index (χ0) is 71.6. The average Bonchev–Trinajstić information content (AvgIpc) is 1.75. The summed E-state index contributed by atoms with van der Waals surface area (Å²) in [4.78, 5) is 60.5. The topological polar surface area (TPSA) is 224 Å². The van der Waals surface area contributed by atoms with E-state index in [1.807, 2.05) is 34.6 Å². The second-order valence-electron chi connectivity index (χ2n) is 30.2. The van der Waals surface area contributed by atoms with Crippen LogP contribution in [0.2, 0.25) is 0 Å². The summed E-state index contributed by atoms with van der Waals surface area (Å²) < 4.78 is 83.4. The second-order valence-corrected chi connectivity index (χ2v) is 30.2. The van der Waals surface area contributed by atoms with Gasteiger partial charge in [-0.25, -0.2) is 0 Å². The molecular weight excluding hydrogens is 1240 g/mol. The summed E-state index contributed by atoms with van der Waals surface area (Å²) in [5, 5.41) is 0. The highest BCUT2D eigenvalue weighted by molar-refractivity contribution is 5.75. The van der Waals surface area contributed by atoms with E-state index < -0.39 is 0 Å². The van der Waals surface area contributed by atoms with Crippen LogP contribution >= 0.6 is 0 Å².